The first-order valence-corrected chi connectivity index (χ1v) is 2.89. The zero-order chi connectivity index (χ0) is 10.1. The minimum absolute atomic E-state index is 0.998. The third-order valence-electron chi connectivity index (χ3n) is 1.44. The van der Waals surface area contributed by atoms with Crippen LogP contribution in [0.25, 0.3) is 0 Å². The highest BCUT2D eigenvalue weighted by Crippen LogP contribution is 2.25. The summed E-state index contributed by atoms with van der Waals surface area (Å²) in [5.41, 5.74) is -0.998. The second kappa shape index (κ2) is 3.05. The van der Waals surface area contributed by atoms with Crippen molar-refractivity contribution < 1.29 is 34.7 Å². The maximum atomic E-state index is 10.8. The molecule has 1 saturated heterocycles. The van der Waals surface area contributed by atoms with Crippen LogP contribution in [-0.2, 0) is 24.2 Å². The molecule has 0 unspecified atom stereocenters. The second-order valence-corrected chi connectivity index (χ2v) is 2.06. The molecule has 1 aliphatic heterocycles. The molecule has 3 N–H and O–H groups in total. The van der Waals surface area contributed by atoms with Crippen molar-refractivity contribution in [3.63, 3.8) is 0 Å². The van der Waals surface area contributed by atoms with Gasteiger partial charge in [0, 0.05) is 0 Å². The third kappa shape index (κ3) is 1.06. The van der Waals surface area contributed by atoms with Crippen molar-refractivity contribution in [3.8, 4) is 0 Å². The summed E-state index contributed by atoms with van der Waals surface area (Å²) < 4.78 is 0. The molecule has 0 aliphatic carbocycles. The molecule has 8 nitrogen and oxygen atoms in total. The molecule has 0 saturated carbocycles. The van der Waals surface area contributed by atoms with Crippen molar-refractivity contribution in [2.75, 3.05) is 0 Å². The number of carbonyl (C=O) groups is 2. The Balaban J connectivity index is 3.27. The van der Waals surface area contributed by atoms with Crippen LogP contribution >= 0.6 is 0 Å². The summed E-state index contributed by atoms with van der Waals surface area (Å²) in [6, 6.07) is 0. The van der Waals surface area contributed by atoms with Crippen molar-refractivity contribution >= 4 is 17.8 Å². The van der Waals surface area contributed by atoms with Crippen molar-refractivity contribution in [1.82, 2.24) is 5.32 Å². The lowest BCUT2D eigenvalue weighted by Gasteiger charge is -2.15. The first-order chi connectivity index (χ1) is 6.12. The number of nitrogens with one attached hydrogen (secondary N) is 1. The number of amides is 2. The highest BCUT2D eigenvalue weighted by Gasteiger charge is 2.57. The topological polar surface area (TPSA) is 122 Å². The summed E-state index contributed by atoms with van der Waals surface area (Å²) in [6.45, 7) is 0. The van der Waals surface area contributed by atoms with Crippen LogP contribution in [0.5, 0.6) is 0 Å². The Morgan fingerprint density at radius 2 is 1.85 bits per heavy atom. The fourth-order valence-electron chi connectivity index (χ4n) is 0.815. The molecule has 8 heteroatoms. The molecule has 0 spiro atoms. The summed E-state index contributed by atoms with van der Waals surface area (Å²) >= 11 is 0. The first-order valence-electron chi connectivity index (χ1n) is 2.89. The molecule has 0 aromatic carbocycles. The quantitative estimate of drug-likeness (QED) is 0.115. The van der Waals surface area contributed by atoms with Gasteiger partial charge in [0.1, 0.15) is 5.94 Å². The van der Waals surface area contributed by atoms with Crippen molar-refractivity contribution in [2.45, 2.75) is 5.79 Å². The molecule has 0 bridgehead atoms. The Kier molecular flexibility index (Phi) is 2.24. The van der Waals surface area contributed by atoms with Gasteiger partial charge in [0.05, 0.1) is 0 Å². The van der Waals surface area contributed by atoms with Gasteiger partial charge >= 0.3 is 5.79 Å². The summed E-state index contributed by atoms with van der Waals surface area (Å²) in [6.07, 6.45) is 0. The van der Waals surface area contributed by atoms with Crippen LogP contribution in [-0.4, -0.2) is 34.1 Å². The predicted octanol–water partition coefficient (Wildman–Crippen LogP) is -1.92. The van der Waals surface area contributed by atoms with E-state index in [1.54, 1.807) is 5.32 Å². The first kappa shape index (κ1) is 9.52. The minimum Gasteiger partial charge on any atom is -0.286 e. The molecule has 1 rings (SSSR count). The van der Waals surface area contributed by atoms with Crippen LogP contribution in [0.2, 0.25) is 0 Å². The molecule has 0 aromatic rings. The fourth-order valence-corrected chi connectivity index (χ4v) is 0.815. The number of hydrogen-bond acceptors (Lipinski definition) is 7. The van der Waals surface area contributed by atoms with Crippen LogP contribution < -0.4 is 5.32 Å². The van der Waals surface area contributed by atoms with Gasteiger partial charge in [-0.3, -0.25) is 14.9 Å². The largest absolute Gasteiger partial charge is 0.350 e. The second-order valence-electron chi connectivity index (χ2n) is 2.06. The predicted molar refractivity (Wildman–Crippen MR) is 32.5 cm³/mol. The molecule has 13 heavy (non-hydrogen) atoms. The van der Waals surface area contributed by atoms with Crippen LogP contribution in [0, 0.1) is 0 Å². The van der Waals surface area contributed by atoms with Crippen LogP contribution in [0.4, 0.5) is 0 Å². The normalized spacial score (nSPS) is 20.0. The molecule has 0 atom stereocenters. The average molecular weight is 189 g/mol. The van der Waals surface area contributed by atoms with Gasteiger partial charge in [-0.2, -0.15) is 9.78 Å². The molecule has 2 amide bonds. The molecule has 1 aliphatic rings. The van der Waals surface area contributed by atoms with E-state index in [1.165, 1.54) is 0 Å². The maximum Gasteiger partial charge on any atom is 0.350 e. The maximum absolute atomic E-state index is 10.8. The Labute approximate surface area is 70.2 Å². The van der Waals surface area contributed by atoms with Gasteiger partial charge in [0.25, 0.3) is 11.8 Å². The smallest absolute Gasteiger partial charge is 0.286 e. The molecule has 1 heterocycles. The van der Waals surface area contributed by atoms with Gasteiger partial charge in [0.15, 0.2) is 5.57 Å². The number of rotatable bonds is 2. The summed E-state index contributed by atoms with van der Waals surface area (Å²) in [7, 11) is 0. The van der Waals surface area contributed by atoms with Crippen LogP contribution in [0.3, 0.4) is 0 Å². The van der Waals surface area contributed by atoms with Gasteiger partial charge in [-0.15, -0.1) is 0 Å². The van der Waals surface area contributed by atoms with Crippen LogP contribution in [0.15, 0.2) is 5.57 Å². The molecule has 0 aromatic heterocycles. The lowest BCUT2D eigenvalue weighted by molar-refractivity contribution is -0.450. The van der Waals surface area contributed by atoms with E-state index in [1.807, 2.05) is 0 Å². The van der Waals surface area contributed by atoms with Gasteiger partial charge < -0.3 is 0 Å². The van der Waals surface area contributed by atoms with E-state index in [4.69, 9.17) is 10.5 Å². The molecule has 0 radical (unpaired) electrons. The molecule has 70 valence electrons. The van der Waals surface area contributed by atoms with E-state index in [-0.39, 0.29) is 0 Å². The molecular weight excluding hydrogens is 186 g/mol. The zero-order valence-electron chi connectivity index (χ0n) is 5.94. The average Bonchev–Trinajstić information content (AvgIpc) is 2.36. The van der Waals surface area contributed by atoms with Crippen LogP contribution in [0.1, 0.15) is 0 Å². The minimum atomic E-state index is -2.82. The monoisotopic (exact) mass is 189 g/mol. The summed E-state index contributed by atoms with van der Waals surface area (Å²) in [5.74, 6) is -4.30. The lowest BCUT2D eigenvalue weighted by atomic mass is 10.1. The summed E-state index contributed by atoms with van der Waals surface area (Å²) in [5, 5.41) is 18.0. The van der Waals surface area contributed by atoms with Crippen molar-refractivity contribution in [3.05, 3.63) is 5.57 Å². The van der Waals surface area contributed by atoms with Crippen molar-refractivity contribution in [2.24, 2.45) is 0 Å². The van der Waals surface area contributed by atoms with E-state index < -0.39 is 23.2 Å². The molecule has 1 fully saturated rings. The number of hydrogen-bond donors (Lipinski definition) is 3. The van der Waals surface area contributed by atoms with Crippen molar-refractivity contribution in [1.29, 1.82) is 0 Å². The Morgan fingerprint density at radius 3 is 2.15 bits per heavy atom. The van der Waals surface area contributed by atoms with E-state index in [0.717, 1.165) is 5.94 Å². The van der Waals surface area contributed by atoms with Gasteiger partial charge in [-0.1, -0.05) is 0 Å². The highest BCUT2D eigenvalue weighted by molar-refractivity contribution is 6.21. The number of imide groups is 1. The van der Waals surface area contributed by atoms with E-state index in [0.29, 0.717) is 0 Å². The Bertz CT molecular complexity index is 311. The zero-order valence-corrected chi connectivity index (χ0v) is 5.94. The Morgan fingerprint density at radius 1 is 1.31 bits per heavy atom. The highest BCUT2D eigenvalue weighted by atomic mass is 17.2. The lowest BCUT2D eigenvalue weighted by Crippen LogP contribution is -2.43. The van der Waals surface area contributed by atoms with Gasteiger partial charge in [-0.25, -0.2) is 15.3 Å². The van der Waals surface area contributed by atoms with E-state index in [2.05, 4.69) is 9.78 Å². The van der Waals surface area contributed by atoms with E-state index >= 15 is 0 Å². The van der Waals surface area contributed by atoms with E-state index in [9.17, 15) is 14.4 Å². The van der Waals surface area contributed by atoms with Gasteiger partial charge in [-0.05, 0) is 0 Å². The Hall–Kier alpha value is -1.57. The number of carbonyl (C=O) groups excluding carboxylic acids is 3. The fraction of sp³-hybridized carbons (Fsp3) is 0.200. The summed E-state index contributed by atoms with van der Waals surface area (Å²) in [4.78, 5) is 38.6. The SMILES string of the molecule is O=C=C1C(=O)NC(=O)C1(OO)OO. The standard InChI is InChI=1S/C5H3NO7/c7-1-2-3(8)6-4(9)5(2,12-10)13-11/h10-11H,(H,6,8,9). The van der Waals surface area contributed by atoms with Gasteiger partial charge in [0.2, 0.25) is 0 Å². The molecular formula is C5H3NO7. The third-order valence-corrected chi connectivity index (χ3v) is 1.44.